The van der Waals surface area contributed by atoms with Gasteiger partial charge in [-0.2, -0.15) is 0 Å². The predicted octanol–water partition coefficient (Wildman–Crippen LogP) is 0.291. The molecule has 0 bridgehead atoms. The molecule has 1 aliphatic heterocycles. The van der Waals surface area contributed by atoms with Gasteiger partial charge in [-0.25, -0.2) is 9.78 Å². The van der Waals surface area contributed by atoms with E-state index >= 15 is 0 Å². The van der Waals surface area contributed by atoms with Crippen molar-refractivity contribution in [1.29, 1.82) is 0 Å². The number of aryl methyl sites for hydroxylation is 1. The van der Waals surface area contributed by atoms with Crippen LogP contribution >= 0.6 is 0 Å². The molecule has 9 nitrogen and oxygen atoms in total. The van der Waals surface area contributed by atoms with Crippen LogP contribution in [0.25, 0.3) is 10.9 Å². The SMILES string of the molecule is Cn1c(=O)c2cc(C(=O)NCc3ccc4c(c3)OCO4)ncc2n(C)c1=O. The summed E-state index contributed by atoms with van der Waals surface area (Å²) in [5.41, 5.74) is 0.385. The highest BCUT2D eigenvalue weighted by Crippen LogP contribution is 2.32. The van der Waals surface area contributed by atoms with Crippen molar-refractivity contribution < 1.29 is 14.3 Å². The van der Waals surface area contributed by atoms with Gasteiger partial charge in [-0.1, -0.05) is 6.07 Å². The summed E-state index contributed by atoms with van der Waals surface area (Å²) in [6.45, 7) is 0.449. The van der Waals surface area contributed by atoms with Crippen LogP contribution in [0.1, 0.15) is 16.1 Å². The van der Waals surface area contributed by atoms with E-state index in [1.54, 1.807) is 19.2 Å². The molecule has 3 heterocycles. The first kappa shape index (κ1) is 16.8. The molecule has 138 valence electrons. The lowest BCUT2D eigenvalue weighted by molar-refractivity contribution is 0.0946. The minimum absolute atomic E-state index is 0.0963. The van der Waals surface area contributed by atoms with Gasteiger partial charge < -0.3 is 14.8 Å². The Morgan fingerprint density at radius 1 is 1.15 bits per heavy atom. The Labute approximate surface area is 152 Å². The van der Waals surface area contributed by atoms with Gasteiger partial charge in [0.05, 0.1) is 17.1 Å². The van der Waals surface area contributed by atoms with Crippen molar-refractivity contribution in [2.75, 3.05) is 6.79 Å². The molecule has 0 atom stereocenters. The molecule has 4 rings (SSSR count). The van der Waals surface area contributed by atoms with Crippen LogP contribution in [-0.4, -0.2) is 26.8 Å². The smallest absolute Gasteiger partial charge is 0.330 e. The molecule has 1 N–H and O–H groups in total. The highest BCUT2D eigenvalue weighted by Gasteiger charge is 2.15. The normalized spacial score (nSPS) is 12.4. The van der Waals surface area contributed by atoms with Crippen molar-refractivity contribution in [3.05, 3.63) is 62.6 Å². The van der Waals surface area contributed by atoms with Crippen molar-refractivity contribution in [2.24, 2.45) is 14.1 Å². The maximum absolute atomic E-state index is 12.4. The van der Waals surface area contributed by atoms with Gasteiger partial charge in [0.15, 0.2) is 11.5 Å². The van der Waals surface area contributed by atoms with Crippen molar-refractivity contribution in [3.8, 4) is 11.5 Å². The number of fused-ring (bicyclic) bond motifs is 2. The first-order valence-corrected chi connectivity index (χ1v) is 8.18. The molecular weight excluding hydrogens is 352 g/mol. The van der Waals surface area contributed by atoms with Gasteiger partial charge in [-0.15, -0.1) is 0 Å². The number of rotatable bonds is 3. The quantitative estimate of drug-likeness (QED) is 0.713. The number of hydrogen-bond acceptors (Lipinski definition) is 6. The Balaban J connectivity index is 1.59. The lowest BCUT2D eigenvalue weighted by Gasteiger charge is -2.09. The number of hydrogen-bond donors (Lipinski definition) is 1. The second-order valence-electron chi connectivity index (χ2n) is 6.16. The fraction of sp³-hybridized carbons (Fsp3) is 0.222. The fourth-order valence-corrected chi connectivity index (χ4v) is 2.93. The third-order valence-electron chi connectivity index (χ3n) is 4.48. The second kappa shape index (κ2) is 6.27. The number of carbonyl (C=O) groups excluding carboxylic acids is 1. The first-order valence-electron chi connectivity index (χ1n) is 8.18. The van der Waals surface area contributed by atoms with Gasteiger partial charge in [0, 0.05) is 20.6 Å². The van der Waals surface area contributed by atoms with E-state index in [0.29, 0.717) is 17.0 Å². The lowest BCUT2D eigenvalue weighted by Crippen LogP contribution is -2.37. The molecule has 0 fully saturated rings. The molecule has 27 heavy (non-hydrogen) atoms. The van der Waals surface area contributed by atoms with Gasteiger partial charge in [0.25, 0.3) is 11.5 Å². The molecule has 1 aliphatic rings. The summed E-state index contributed by atoms with van der Waals surface area (Å²) in [7, 11) is 2.94. The summed E-state index contributed by atoms with van der Waals surface area (Å²) in [5.74, 6) is 0.878. The van der Waals surface area contributed by atoms with E-state index in [4.69, 9.17) is 9.47 Å². The van der Waals surface area contributed by atoms with Crippen LogP contribution in [-0.2, 0) is 20.6 Å². The van der Waals surface area contributed by atoms with E-state index in [-0.39, 0.29) is 24.4 Å². The minimum Gasteiger partial charge on any atom is -0.454 e. The predicted molar refractivity (Wildman–Crippen MR) is 96.0 cm³/mol. The highest BCUT2D eigenvalue weighted by atomic mass is 16.7. The van der Waals surface area contributed by atoms with E-state index in [9.17, 15) is 14.4 Å². The number of nitrogens with zero attached hydrogens (tertiary/aromatic N) is 3. The van der Waals surface area contributed by atoms with Crippen LogP contribution in [0, 0.1) is 0 Å². The number of carbonyl (C=O) groups is 1. The van der Waals surface area contributed by atoms with Crippen molar-refractivity contribution in [2.45, 2.75) is 6.54 Å². The summed E-state index contributed by atoms with van der Waals surface area (Å²) < 4.78 is 12.9. The standard InChI is InChI=1S/C18H16N4O5/c1-21-13-8-19-12(6-11(13)17(24)22(2)18(21)25)16(23)20-7-10-3-4-14-15(5-10)27-9-26-14/h3-6,8H,7,9H2,1-2H3,(H,20,23). The highest BCUT2D eigenvalue weighted by molar-refractivity contribution is 5.95. The van der Waals surface area contributed by atoms with Crippen LogP contribution < -0.4 is 26.0 Å². The summed E-state index contributed by atoms with van der Waals surface area (Å²) in [6.07, 6.45) is 1.35. The van der Waals surface area contributed by atoms with E-state index < -0.39 is 17.2 Å². The average Bonchev–Trinajstić information content (AvgIpc) is 3.16. The van der Waals surface area contributed by atoms with Crippen molar-refractivity contribution in [3.63, 3.8) is 0 Å². The first-order chi connectivity index (χ1) is 13.0. The van der Waals surface area contributed by atoms with E-state index in [1.807, 2.05) is 6.07 Å². The number of amides is 1. The number of ether oxygens (including phenoxy) is 2. The number of pyridine rings is 1. The maximum atomic E-state index is 12.4. The zero-order chi connectivity index (χ0) is 19.1. The lowest BCUT2D eigenvalue weighted by atomic mass is 10.2. The Morgan fingerprint density at radius 3 is 2.74 bits per heavy atom. The largest absolute Gasteiger partial charge is 0.454 e. The number of nitrogens with one attached hydrogen (secondary N) is 1. The van der Waals surface area contributed by atoms with E-state index in [2.05, 4.69) is 10.3 Å². The molecule has 1 aromatic carbocycles. The third kappa shape index (κ3) is 2.82. The van der Waals surface area contributed by atoms with Crippen LogP contribution in [0.5, 0.6) is 11.5 Å². The maximum Gasteiger partial charge on any atom is 0.330 e. The Kier molecular flexibility index (Phi) is 3.91. The van der Waals surface area contributed by atoms with E-state index in [0.717, 1.165) is 10.1 Å². The van der Waals surface area contributed by atoms with Crippen LogP contribution in [0.15, 0.2) is 40.1 Å². The Hall–Kier alpha value is -3.62. The van der Waals surface area contributed by atoms with E-state index in [1.165, 1.54) is 23.9 Å². The van der Waals surface area contributed by atoms with Crippen LogP contribution in [0.4, 0.5) is 0 Å². The molecule has 0 saturated carbocycles. The summed E-state index contributed by atoms with van der Waals surface area (Å²) in [4.78, 5) is 40.8. The van der Waals surface area contributed by atoms with Gasteiger partial charge >= 0.3 is 5.69 Å². The molecular formula is C18H16N4O5. The molecule has 0 spiro atoms. The molecule has 1 amide bonds. The van der Waals surface area contributed by atoms with Crippen molar-refractivity contribution >= 4 is 16.8 Å². The second-order valence-corrected chi connectivity index (χ2v) is 6.16. The molecule has 0 unspecified atom stereocenters. The van der Waals surface area contributed by atoms with Gasteiger partial charge in [0.2, 0.25) is 6.79 Å². The number of benzene rings is 1. The van der Waals surface area contributed by atoms with Crippen LogP contribution in [0.2, 0.25) is 0 Å². The van der Waals surface area contributed by atoms with Gasteiger partial charge in [-0.3, -0.25) is 18.7 Å². The minimum atomic E-state index is -0.472. The Morgan fingerprint density at radius 2 is 1.93 bits per heavy atom. The summed E-state index contributed by atoms with van der Waals surface area (Å²) in [6, 6.07) is 6.80. The summed E-state index contributed by atoms with van der Waals surface area (Å²) in [5, 5.41) is 3.01. The third-order valence-corrected chi connectivity index (χ3v) is 4.48. The molecule has 0 aliphatic carbocycles. The van der Waals surface area contributed by atoms with Crippen molar-refractivity contribution in [1.82, 2.24) is 19.4 Å². The Bertz CT molecular complexity index is 1190. The molecule has 0 saturated heterocycles. The molecule has 3 aromatic rings. The van der Waals surface area contributed by atoms with Crippen LogP contribution in [0.3, 0.4) is 0 Å². The monoisotopic (exact) mass is 368 g/mol. The zero-order valence-electron chi connectivity index (χ0n) is 14.7. The average molecular weight is 368 g/mol. The van der Waals surface area contributed by atoms with Gasteiger partial charge in [0.1, 0.15) is 5.69 Å². The van der Waals surface area contributed by atoms with Gasteiger partial charge in [-0.05, 0) is 23.8 Å². The summed E-state index contributed by atoms with van der Waals surface area (Å²) >= 11 is 0. The molecule has 2 aromatic heterocycles. The number of aromatic nitrogens is 3. The fourth-order valence-electron chi connectivity index (χ4n) is 2.93. The topological polar surface area (TPSA) is 104 Å². The molecule has 0 radical (unpaired) electrons. The molecule has 9 heteroatoms. The zero-order valence-corrected chi connectivity index (χ0v) is 14.7.